The van der Waals surface area contributed by atoms with E-state index < -0.39 is 5.97 Å². The predicted octanol–water partition coefficient (Wildman–Crippen LogP) is 2.79. The van der Waals surface area contributed by atoms with Crippen molar-refractivity contribution in [1.29, 1.82) is 0 Å². The molecule has 2 aromatic rings. The molecule has 0 aromatic carbocycles. The molecule has 0 saturated carbocycles. The number of aliphatic carboxylic acids is 1. The minimum Gasteiger partial charge on any atom is -0.481 e. The second kappa shape index (κ2) is 5.71. The summed E-state index contributed by atoms with van der Waals surface area (Å²) in [7, 11) is 1.91. The molecule has 0 bridgehead atoms. The zero-order chi connectivity index (χ0) is 15.8. The number of thioether (sulfide) groups is 1. The number of carbonyl (C=O) groups is 1. The lowest BCUT2D eigenvalue weighted by molar-refractivity contribution is -0.133. The summed E-state index contributed by atoms with van der Waals surface area (Å²) in [6.07, 6.45) is 1.89. The van der Waals surface area contributed by atoms with Crippen LogP contribution >= 0.6 is 11.8 Å². The second-order valence-corrected chi connectivity index (χ2v) is 6.44. The number of fused-ring (bicyclic) bond motifs is 1. The lowest BCUT2D eigenvalue weighted by Crippen LogP contribution is -2.30. The Kier molecular flexibility index (Phi) is 4.32. The van der Waals surface area contributed by atoms with Gasteiger partial charge in [-0.15, -0.1) is 0 Å². The van der Waals surface area contributed by atoms with E-state index in [0.29, 0.717) is 0 Å². The number of hydrogen-bond acceptors (Lipinski definition) is 4. The van der Waals surface area contributed by atoms with Gasteiger partial charge in [-0.1, -0.05) is 25.6 Å². The molecule has 6 nitrogen and oxygen atoms in total. The van der Waals surface area contributed by atoms with Crippen molar-refractivity contribution in [2.75, 3.05) is 5.75 Å². The molecule has 2 rings (SSSR count). The Bertz CT molecular complexity index is 670. The van der Waals surface area contributed by atoms with Gasteiger partial charge in [-0.2, -0.15) is 5.10 Å². The molecule has 0 aliphatic carbocycles. The molecular formula is C14H22N4O2S. The number of hydrogen-bond donors (Lipinski definition) is 1. The molecular weight excluding hydrogens is 288 g/mol. The Balaban J connectivity index is 2.67. The highest BCUT2D eigenvalue weighted by atomic mass is 32.2. The van der Waals surface area contributed by atoms with Gasteiger partial charge in [0.1, 0.15) is 5.52 Å². The Morgan fingerprint density at radius 2 is 2.00 bits per heavy atom. The van der Waals surface area contributed by atoms with Gasteiger partial charge < -0.3 is 5.11 Å². The van der Waals surface area contributed by atoms with E-state index in [-0.39, 0.29) is 11.3 Å². The Morgan fingerprint density at radius 3 is 2.52 bits per heavy atom. The third-order valence-electron chi connectivity index (χ3n) is 4.16. The summed E-state index contributed by atoms with van der Waals surface area (Å²) in [5, 5.41) is 14.1. The van der Waals surface area contributed by atoms with Crippen molar-refractivity contribution < 1.29 is 9.90 Å². The van der Waals surface area contributed by atoms with Crippen molar-refractivity contribution in [3.63, 3.8) is 0 Å². The van der Waals surface area contributed by atoms with Gasteiger partial charge in [0, 0.05) is 12.6 Å². The third-order valence-corrected chi connectivity index (χ3v) is 5.08. The Labute approximate surface area is 128 Å². The number of rotatable bonds is 6. The molecule has 1 N–H and O–H groups in total. The lowest BCUT2D eigenvalue weighted by Gasteiger charge is -2.31. The van der Waals surface area contributed by atoms with Crippen LogP contribution in [0.3, 0.4) is 0 Å². The van der Waals surface area contributed by atoms with Crippen LogP contribution < -0.4 is 0 Å². The van der Waals surface area contributed by atoms with E-state index >= 15 is 0 Å². The summed E-state index contributed by atoms with van der Waals surface area (Å²) in [6, 6.07) is 0. The first-order chi connectivity index (χ1) is 9.84. The predicted molar refractivity (Wildman–Crippen MR) is 83.8 cm³/mol. The minimum absolute atomic E-state index is 0.0132. The van der Waals surface area contributed by atoms with E-state index in [9.17, 15) is 4.79 Å². The molecule has 116 valence electrons. The van der Waals surface area contributed by atoms with E-state index in [0.717, 1.165) is 34.9 Å². The van der Waals surface area contributed by atoms with Crippen LogP contribution in [0.5, 0.6) is 0 Å². The van der Waals surface area contributed by atoms with Crippen LogP contribution in [0.25, 0.3) is 11.2 Å². The van der Waals surface area contributed by atoms with Crippen LogP contribution in [0.2, 0.25) is 0 Å². The average molecular weight is 310 g/mol. The molecule has 0 amide bonds. The molecule has 0 atom stereocenters. The average Bonchev–Trinajstić information content (AvgIpc) is 2.95. The molecule has 0 aliphatic rings. The molecule has 7 heteroatoms. The fourth-order valence-electron chi connectivity index (χ4n) is 2.53. The normalized spacial score (nSPS) is 12.2. The summed E-state index contributed by atoms with van der Waals surface area (Å²) < 4.78 is 4.00. The fourth-order valence-corrected chi connectivity index (χ4v) is 3.37. The number of carboxylic acid groups (broad SMARTS) is 1. The van der Waals surface area contributed by atoms with Crippen LogP contribution in [-0.2, 0) is 17.4 Å². The van der Waals surface area contributed by atoms with Crippen LogP contribution in [0, 0.1) is 6.92 Å². The molecule has 0 aliphatic heterocycles. The van der Waals surface area contributed by atoms with Gasteiger partial charge >= 0.3 is 5.97 Å². The van der Waals surface area contributed by atoms with Gasteiger partial charge in [0.2, 0.25) is 0 Å². The summed E-state index contributed by atoms with van der Waals surface area (Å²) in [5.74, 6) is -0.817. The number of carboxylic acids is 1. The number of aromatic nitrogens is 4. The molecule has 0 spiro atoms. The first-order valence-electron chi connectivity index (χ1n) is 7.11. The van der Waals surface area contributed by atoms with Crippen molar-refractivity contribution in [3.8, 4) is 0 Å². The monoisotopic (exact) mass is 310 g/mol. The maximum absolute atomic E-state index is 10.9. The summed E-state index contributed by atoms with van der Waals surface area (Å²) in [4.78, 5) is 15.5. The van der Waals surface area contributed by atoms with E-state index in [1.807, 2.05) is 18.7 Å². The quantitative estimate of drug-likeness (QED) is 0.831. The molecule has 2 heterocycles. The molecule has 0 unspecified atom stereocenters. The van der Waals surface area contributed by atoms with E-state index in [1.165, 1.54) is 11.8 Å². The zero-order valence-corrected chi connectivity index (χ0v) is 14.0. The van der Waals surface area contributed by atoms with Gasteiger partial charge in [0.15, 0.2) is 10.8 Å². The third kappa shape index (κ3) is 2.66. The van der Waals surface area contributed by atoms with Crippen molar-refractivity contribution in [2.45, 2.75) is 51.2 Å². The van der Waals surface area contributed by atoms with Crippen LogP contribution in [0.15, 0.2) is 5.16 Å². The van der Waals surface area contributed by atoms with Gasteiger partial charge in [-0.3, -0.25) is 14.0 Å². The Hall–Kier alpha value is -1.50. The highest BCUT2D eigenvalue weighted by Crippen LogP contribution is 2.35. The summed E-state index contributed by atoms with van der Waals surface area (Å²) in [5.41, 5.74) is 2.60. The van der Waals surface area contributed by atoms with Crippen LogP contribution in [0.4, 0.5) is 0 Å². The highest BCUT2D eigenvalue weighted by molar-refractivity contribution is 7.99. The second-order valence-electron chi connectivity index (χ2n) is 5.50. The SMILES string of the molecule is CCC(C)(CC)n1c(SCC(=O)O)nc2c(C)nn(C)c21. The maximum atomic E-state index is 10.9. The topological polar surface area (TPSA) is 72.9 Å². The highest BCUT2D eigenvalue weighted by Gasteiger charge is 2.30. The smallest absolute Gasteiger partial charge is 0.313 e. The van der Waals surface area contributed by atoms with Crippen LogP contribution in [0.1, 0.15) is 39.3 Å². The number of nitrogens with zero attached hydrogens (tertiary/aromatic N) is 4. The molecule has 0 radical (unpaired) electrons. The zero-order valence-electron chi connectivity index (χ0n) is 13.2. The summed E-state index contributed by atoms with van der Waals surface area (Å²) >= 11 is 1.27. The van der Waals surface area contributed by atoms with Gasteiger partial charge in [0.05, 0.1) is 11.4 Å². The maximum Gasteiger partial charge on any atom is 0.313 e. The molecule has 2 aromatic heterocycles. The first-order valence-corrected chi connectivity index (χ1v) is 8.09. The molecule has 0 fully saturated rings. The van der Waals surface area contributed by atoms with Crippen LogP contribution in [-0.4, -0.2) is 36.2 Å². The van der Waals surface area contributed by atoms with Crippen molar-refractivity contribution in [3.05, 3.63) is 5.69 Å². The van der Waals surface area contributed by atoms with Crippen molar-refractivity contribution in [1.82, 2.24) is 19.3 Å². The lowest BCUT2D eigenvalue weighted by atomic mass is 9.95. The fraction of sp³-hybridized carbons (Fsp3) is 0.643. The number of aryl methyl sites for hydroxylation is 2. The van der Waals surface area contributed by atoms with E-state index in [1.54, 1.807) is 0 Å². The Morgan fingerprint density at radius 1 is 1.38 bits per heavy atom. The van der Waals surface area contributed by atoms with Gasteiger partial charge in [0.25, 0.3) is 0 Å². The van der Waals surface area contributed by atoms with E-state index in [4.69, 9.17) is 5.11 Å². The van der Waals surface area contributed by atoms with E-state index in [2.05, 4.69) is 35.4 Å². The van der Waals surface area contributed by atoms with Gasteiger partial charge in [-0.25, -0.2) is 4.98 Å². The largest absolute Gasteiger partial charge is 0.481 e. The van der Waals surface area contributed by atoms with Gasteiger partial charge in [-0.05, 0) is 26.7 Å². The number of imidazole rings is 1. The van der Waals surface area contributed by atoms with Crippen molar-refractivity contribution >= 4 is 28.9 Å². The molecule has 21 heavy (non-hydrogen) atoms. The van der Waals surface area contributed by atoms with Crippen molar-refractivity contribution in [2.24, 2.45) is 7.05 Å². The first kappa shape index (κ1) is 15.9. The molecule has 0 saturated heterocycles. The minimum atomic E-state index is -0.830. The standard InChI is InChI=1S/C14H22N4O2S/c1-6-14(4,7-2)18-12-11(9(3)16-17(12)5)15-13(18)21-8-10(19)20/h6-8H2,1-5H3,(H,19,20). The summed E-state index contributed by atoms with van der Waals surface area (Å²) in [6.45, 7) is 8.40.